The quantitative estimate of drug-likeness (QED) is 0.374. The molecule has 3 rings (SSSR count). The minimum atomic E-state index is -0.456. The van der Waals surface area contributed by atoms with Crippen LogP contribution in [0.15, 0.2) is 77.9 Å². The van der Waals surface area contributed by atoms with Crippen molar-refractivity contribution < 1.29 is 14.5 Å². The first-order valence-corrected chi connectivity index (χ1v) is 8.88. The smallest absolute Gasteiger partial charge is 0.277 e. The molecule has 0 aliphatic carbocycles. The van der Waals surface area contributed by atoms with E-state index in [2.05, 4.69) is 10.5 Å². The van der Waals surface area contributed by atoms with Crippen LogP contribution in [0.4, 0.5) is 5.69 Å². The Kier molecular flexibility index (Phi) is 6.32. The Morgan fingerprint density at radius 1 is 1.07 bits per heavy atom. The van der Waals surface area contributed by atoms with Gasteiger partial charge in [0.2, 0.25) is 0 Å². The maximum Gasteiger partial charge on any atom is 0.277 e. The van der Waals surface area contributed by atoms with Crippen LogP contribution in [0.1, 0.15) is 11.1 Å². The molecule has 0 radical (unpaired) electrons. The molecular weight excluding hydrogens is 370 g/mol. The predicted molar refractivity (Wildman–Crippen MR) is 111 cm³/mol. The van der Waals surface area contributed by atoms with Gasteiger partial charge in [-0.15, -0.1) is 0 Å². The molecule has 0 saturated carbocycles. The van der Waals surface area contributed by atoms with E-state index in [-0.39, 0.29) is 12.3 Å². The zero-order valence-electron chi connectivity index (χ0n) is 15.7. The van der Waals surface area contributed by atoms with Gasteiger partial charge < -0.3 is 4.74 Å². The number of nitro groups is 1. The number of hydrogen-bond acceptors (Lipinski definition) is 5. The first kappa shape index (κ1) is 19.8. The fourth-order valence-electron chi connectivity index (χ4n) is 2.64. The molecule has 29 heavy (non-hydrogen) atoms. The van der Waals surface area contributed by atoms with Crippen LogP contribution >= 0.6 is 0 Å². The van der Waals surface area contributed by atoms with Gasteiger partial charge in [-0.3, -0.25) is 14.9 Å². The third-order valence-corrected chi connectivity index (χ3v) is 4.16. The van der Waals surface area contributed by atoms with Crippen molar-refractivity contribution in [2.75, 3.05) is 6.61 Å². The van der Waals surface area contributed by atoms with Gasteiger partial charge in [0.15, 0.2) is 6.61 Å². The molecule has 0 aromatic heterocycles. The molecule has 0 aliphatic rings. The van der Waals surface area contributed by atoms with Crippen LogP contribution in [0.5, 0.6) is 5.75 Å². The van der Waals surface area contributed by atoms with Gasteiger partial charge in [0.25, 0.3) is 11.6 Å². The van der Waals surface area contributed by atoms with Crippen LogP contribution in [-0.2, 0) is 4.79 Å². The first-order valence-electron chi connectivity index (χ1n) is 8.88. The summed E-state index contributed by atoms with van der Waals surface area (Å²) < 4.78 is 5.45. The lowest BCUT2D eigenvalue weighted by molar-refractivity contribution is -0.385. The van der Waals surface area contributed by atoms with E-state index in [1.54, 1.807) is 31.2 Å². The molecule has 7 nitrogen and oxygen atoms in total. The molecular formula is C22H19N3O4. The monoisotopic (exact) mass is 389 g/mol. The van der Waals surface area contributed by atoms with Crippen molar-refractivity contribution in [3.63, 3.8) is 0 Å². The molecule has 3 aromatic carbocycles. The maximum atomic E-state index is 11.9. The summed E-state index contributed by atoms with van der Waals surface area (Å²) in [6.45, 7) is 1.46. The third kappa shape index (κ3) is 5.49. The van der Waals surface area contributed by atoms with Crippen LogP contribution in [0.25, 0.3) is 11.1 Å². The van der Waals surface area contributed by atoms with Crippen LogP contribution in [0, 0.1) is 17.0 Å². The lowest BCUT2D eigenvalue weighted by Crippen LogP contribution is -2.24. The summed E-state index contributed by atoms with van der Waals surface area (Å²) in [6, 6.07) is 22.1. The van der Waals surface area contributed by atoms with Crippen LogP contribution < -0.4 is 10.2 Å². The van der Waals surface area contributed by atoms with Gasteiger partial charge in [-0.2, -0.15) is 5.10 Å². The highest BCUT2D eigenvalue weighted by Gasteiger charge is 2.10. The summed E-state index contributed by atoms with van der Waals surface area (Å²) in [6.07, 6.45) is 1.35. The lowest BCUT2D eigenvalue weighted by Gasteiger charge is -2.06. The van der Waals surface area contributed by atoms with E-state index in [0.717, 1.165) is 11.1 Å². The zero-order chi connectivity index (χ0) is 20.6. The molecule has 0 spiro atoms. The molecule has 0 fully saturated rings. The molecule has 146 valence electrons. The molecule has 0 atom stereocenters. The van der Waals surface area contributed by atoms with Crippen LogP contribution in [0.3, 0.4) is 0 Å². The number of nitro benzene ring substituents is 1. The SMILES string of the molecule is Cc1ccc(/C=N\NC(=O)COc2ccc(-c3ccccc3)cc2)cc1[N+](=O)[O-]. The predicted octanol–water partition coefficient (Wildman–Crippen LogP) is 4.10. The number of hydrogen-bond donors (Lipinski definition) is 1. The number of nitrogens with zero attached hydrogens (tertiary/aromatic N) is 2. The summed E-state index contributed by atoms with van der Waals surface area (Å²) in [5.41, 5.74) is 5.57. The van der Waals surface area contributed by atoms with Crippen molar-refractivity contribution in [1.82, 2.24) is 5.43 Å². The standard InChI is InChI=1S/C22H19N3O4/c1-16-7-8-17(13-21(16)25(27)28)14-23-24-22(26)15-29-20-11-9-19(10-12-20)18-5-3-2-4-6-18/h2-14H,15H2,1H3,(H,24,26)/b23-14-. The number of carbonyl (C=O) groups excluding carboxylic acids is 1. The number of ether oxygens (including phenoxy) is 1. The number of benzene rings is 3. The van der Waals surface area contributed by atoms with Gasteiger partial charge in [0.05, 0.1) is 11.1 Å². The molecule has 3 aromatic rings. The molecule has 1 amide bonds. The number of amides is 1. The number of nitrogens with one attached hydrogen (secondary N) is 1. The highest BCUT2D eigenvalue weighted by atomic mass is 16.6. The second kappa shape index (κ2) is 9.27. The summed E-state index contributed by atoms with van der Waals surface area (Å²) in [7, 11) is 0. The number of rotatable bonds is 7. The van der Waals surface area contributed by atoms with Crippen LogP contribution in [-0.4, -0.2) is 23.7 Å². The summed E-state index contributed by atoms with van der Waals surface area (Å²) in [5, 5.41) is 14.8. The molecule has 0 unspecified atom stereocenters. The van der Waals surface area contributed by atoms with E-state index in [4.69, 9.17) is 4.74 Å². The van der Waals surface area contributed by atoms with E-state index in [1.165, 1.54) is 12.3 Å². The van der Waals surface area contributed by atoms with Gasteiger partial charge in [0.1, 0.15) is 5.75 Å². The second-order valence-corrected chi connectivity index (χ2v) is 6.28. The van der Waals surface area contributed by atoms with Crippen molar-refractivity contribution in [3.8, 4) is 16.9 Å². The number of aryl methyl sites for hydroxylation is 1. The van der Waals surface area contributed by atoms with Crippen molar-refractivity contribution >= 4 is 17.8 Å². The van der Waals surface area contributed by atoms with E-state index < -0.39 is 10.8 Å². The Morgan fingerprint density at radius 2 is 1.76 bits per heavy atom. The van der Waals surface area contributed by atoms with Gasteiger partial charge in [-0.1, -0.05) is 54.6 Å². The normalized spacial score (nSPS) is 10.7. The Morgan fingerprint density at radius 3 is 2.45 bits per heavy atom. The van der Waals surface area contributed by atoms with Gasteiger partial charge >= 0.3 is 0 Å². The highest BCUT2D eigenvalue weighted by molar-refractivity contribution is 5.83. The average Bonchev–Trinajstić information content (AvgIpc) is 2.74. The van der Waals surface area contributed by atoms with E-state index in [1.807, 2.05) is 42.5 Å². The van der Waals surface area contributed by atoms with Crippen molar-refractivity contribution in [2.45, 2.75) is 6.92 Å². The molecule has 0 bridgehead atoms. The summed E-state index contributed by atoms with van der Waals surface area (Å²) in [4.78, 5) is 22.4. The van der Waals surface area contributed by atoms with Crippen molar-refractivity contribution in [3.05, 3.63) is 94.0 Å². The Labute approximate surface area is 167 Å². The highest BCUT2D eigenvalue weighted by Crippen LogP contribution is 2.22. The number of hydrazone groups is 1. The Balaban J connectivity index is 1.51. The summed E-state index contributed by atoms with van der Waals surface area (Å²) in [5.74, 6) is 0.132. The Bertz CT molecular complexity index is 1030. The third-order valence-electron chi connectivity index (χ3n) is 4.16. The minimum absolute atomic E-state index is 0.00237. The minimum Gasteiger partial charge on any atom is -0.484 e. The van der Waals surface area contributed by atoms with Gasteiger partial charge in [-0.25, -0.2) is 5.43 Å². The summed E-state index contributed by atoms with van der Waals surface area (Å²) >= 11 is 0. The molecule has 7 heteroatoms. The van der Waals surface area contributed by atoms with E-state index in [9.17, 15) is 14.9 Å². The van der Waals surface area contributed by atoms with Crippen molar-refractivity contribution in [2.24, 2.45) is 5.10 Å². The largest absolute Gasteiger partial charge is 0.484 e. The van der Waals surface area contributed by atoms with Gasteiger partial charge in [-0.05, 0) is 30.2 Å². The maximum absolute atomic E-state index is 11.9. The Hall–Kier alpha value is -4.00. The van der Waals surface area contributed by atoms with E-state index in [0.29, 0.717) is 16.9 Å². The van der Waals surface area contributed by atoms with Crippen LogP contribution in [0.2, 0.25) is 0 Å². The zero-order valence-corrected chi connectivity index (χ0v) is 15.7. The topological polar surface area (TPSA) is 93.8 Å². The van der Waals surface area contributed by atoms with Gasteiger partial charge in [0, 0.05) is 17.2 Å². The number of carbonyl (C=O) groups is 1. The second-order valence-electron chi connectivity index (χ2n) is 6.28. The molecule has 1 N–H and O–H groups in total. The molecule has 0 saturated heterocycles. The fraction of sp³-hybridized carbons (Fsp3) is 0.0909. The fourth-order valence-corrected chi connectivity index (χ4v) is 2.64. The first-order chi connectivity index (χ1) is 14.0. The van der Waals surface area contributed by atoms with E-state index >= 15 is 0 Å². The molecule has 0 heterocycles. The lowest BCUT2D eigenvalue weighted by atomic mass is 10.1. The van der Waals surface area contributed by atoms with Crippen molar-refractivity contribution in [1.29, 1.82) is 0 Å². The average molecular weight is 389 g/mol. The molecule has 0 aliphatic heterocycles.